The summed E-state index contributed by atoms with van der Waals surface area (Å²) in [6.45, 7) is 24.7. The number of nitrogens with one attached hydrogen (secondary N) is 2. The summed E-state index contributed by atoms with van der Waals surface area (Å²) in [5, 5.41) is 14.5. The predicted octanol–water partition coefficient (Wildman–Crippen LogP) is 11.2. The van der Waals surface area contributed by atoms with Gasteiger partial charge in [0.05, 0.1) is 28.2 Å². The summed E-state index contributed by atoms with van der Waals surface area (Å²) in [7, 11) is 2.08. The van der Waals surface area contributed by atoms with Crippen molar-refractivity contribution in [3.63, 3.8) is 0 Å². The van der Waals surface area contributed by atoms with E-state index >= 15 is 0 Å². The molecule has 5 aromatic rings. The Kier molecular flexibility index (Phi) is 13.4. The highest BCUT2D eigenvalue weighted by molar-refractivity contribution is 8.14. The Morgan fingerprint density at radius 3 is 2.49 bits per heavy atom. The minimum Gasteiger partial charge on any atom is -0.371 e. The molecule has 11 rings (SSSR count). The van der Waals surface area contributed by atoms with Crippen LogP contribution in [0.1, 0.15) is 89.2 Å². The second-order valence-corrected chi connectivity index (χ2v) is 21.8. The molecular weight excluding hydrogens is 879 g/mol. The standard InChI is InChI=1S/C60H69N9S/c1-6-54-48(23-27-58(63-54)69-35-31-47-10-9-11-50(53(47)39-69)41(3)62-60-64-55-12-7-8-13-57(55)70-60)22-21-44-17-15-43(16-18-44)19-20-45-28-32-67(33-29-45)37-46-30-34-68(38-46)49-24-26-52-56(36-49)66(5)65-59(52)51-25-14-40(2)61-42(51)4/h6-13,15-18,23-24,26-27,36,45-46,51,55,57,61H,1-4,14,19-22,25,28-35,37-39H2,5H3,(H,62,64). The molecule has 0 bridgehead atoms. The first kappa shape index (κ1) is 46.3. The molecule has 1 aliphatic carbocycles. The fraction of sp³-hybridized carbons (Fsp3) is 0.383. The molecule has 4 atom stereocenters. The van der Waals surface area contributed by atoms with Gasteiger partial charge in [-0.2, -0.15) is 5.10 Å². The third-order valence-corrected chi connectivity index (χ3v) is 17.2. The van der Waals surface area contributed by atoms with Gasteiger partial charge in [-0.05, 0) is 147 Å². The molecule has 2 N–H and O–H groups in total. The van der Waals surface area contributed by atoms with Gasteiger partial charge >= 0.3 is 0 Å². The minimum absolute atomic E-state index is 0.196. The highest BCUT2D eigenvalue weighted by Gasteiger charge is 2.31. The van der Waals surface area contributed by atoms with Gasteiger partial charge in [-0.15, -0.1) is 0 Å². The number of pyridine rings is 1. The first-order valence-electron chi connectivity index (χ1n) is 25.9. The van der Waals surface area contributed by atoms with Crippen molar-refractivity contribution >= 4 is 51.1 Å². The van der Waals surface area contributed by atoms with Crippen LogP contribution < -0.4 is 20.4 Å². The molecule has 7 heterocycles. The Bertz CT molecular complexity index is 2900. The lowest BCUT2D eigenvalue weighted by Crippen LogP contribution is -2.38. The van der Waals surface area contributed by atoms with E-state index in [-0.39, 0.29) is 12.0 Å². The molecule has 9 nitrogen and oxygen atoms in total. The monoisotopic (exact) mass is 948 g/mol. The summed E-state index contributed by atoms with van der Waals surface area (Å²) < 4.78 is 2.06. The van der Waals surface area contributed by atoms with Crippen LogP contribution in [0.2, 0.25) is 0 Å². The third-order valence-electron chi connectivity index (χ3n) is 16.1. The Labute approximate surface area is 419 Å². The number of thioether (sulfide) groups is 1. The molecular formula is C60H69N9S. The molecule has 70 heavy (non-hydrogen) atoms. The van der Waals surface area contributed by atoms with E-state index in [1.165, 1.54) is 89.7 Å². The molecule has 360 valence electrons. The smallest absolute Gasteiger partial charge is 0.162 e. The van der Waals surface area contributed by atoms with Crippen molar-refractivity contribution in [1.29, 1.82) is 0 Å². The van der Waals surface area contributed by atoms with Crippen LogP contribution in [0, 0.1) is 11.8 Å². The zero-order valence-corrected chi connectivity index (χ0v) is 41.9. The normalized spacial score (nSPS) is 22.6. The molecule has 2 aromatic heterocycles. The number of hydrogen-bond donors (Lipinski definition) is 2. The zero-order chi connectivity index (χ0) is 47.7. The number of fused-ring (bicyclic) bond motifs is 3. The van der Waals surface area contributed by atoms with Crippen LogP contribution in [-0.4, -0.2) is 75.4 Å². The molecule has 10 heteroatoms. The number of rotatable bonds is 14. The van der Waals surface area contributed by atoms with Gasteiger partial charge in [0.15, 0.2) is 5.17 Å². The summed E-state index contributed by atoms with van der Waals surface area (Å²) in [6, 6.07) is 27.7. The summed E-state index contributed by atoms with van der Waals surface area (Å²) in [5.41, 5.74) is 15.5. The first-order valence-corrected chi connectivity index (χ1v) is 26.8. The van der Waals surface area contributed by atoms with Crippen molar-refractivity contribution in [3.8, 4) is 0 Å². The summed E-state index contributed by atoms with van der Waals surface area (Å²) in [6.07, 6.45) is 21.7. The number of benzene rings is 3. The summed E-state index contributed by atoms with van der Waals surface area (Å²) in [4.78, 5) is 17.8. The van der Waals surface area contributed by atoms with Crippen molar-refractivity contribution in [1.82, 2.24) is 30.3 Å². The maximum absolute atomic E-state index is 5.17. The molecule has 0 spiro atoms. The number of aryl methyl sites for hydroxylation is 4. The predicted molar refractivity (Wildman–Crippen MR) is 294 cm³/mol. The van der Waals surface area contributed by atoms with Gasteiger partial charge in [0.1, 0.15) is 5.82 Å². The van der Waals surface area contributed by atoms with Gasteiger partial charge in [-0.25, -0.2) is 4.98 Å². The quantitative estimate of drug-likeness (QED) is 0.114. The zero-order valence-electron chi connectivity index (χ0n) is 41.1. The Morgan fingerprint density at radius 2 is 1.67 bits per heavy atom. The topological polar surface area (TPSA) is 76.9 Å². The number of hydrogen-bond acceptors (Lipinski definition) is 9. The van der Waals surface area contributed by atoms with Gasteiger partial charge < -0.3 is 25.3 Å². The highest BCUT2D eigenvalue weighted by atomic mass is 32.2. The van der Waals surface area contributed by atoms with E-state index in [1.807, 2.05) is 6.08 Å². The largest absolute Gasteiger partial charge is 0.371 e. The fourth-order valence-corrected chi connectivity index (χ4v) is 13.0. The number of aliphatic imine (C=N–C) groups is 1. The molecule has 3 aromatic carbocycles. The number of nitrogens with zero attached hydrogens (tertiary/aromatic N) is 7. The molecule has 4 unspecified atom stereocenters. The van der Waals surface area contributed by atoms with Crippen molar-refractivity contribution in [2.75, 3.05) is 49.1 Å². The molecule has 3 saturated heterocycles. The van der Waals surface area contributed by atoms with Crippen LogP contribution in [0.25, 0.3) is 22.7 Å². The lowest BCUT2D eigenvalue weighted by Gasteiger charge is -2.33. The van der Waals surface area contributed by atoms with E-state index in [0.717, 1.165) is 122 Å². The maximum atomic E-state index is 5.17. The van der Waals surface area contributed by atoms with Gasteiger partial charge in [0, 0.05) is 79.4 Å². The van der Waals surface area contributed by atoms with E-state index in [0.29, 0.717) is 5.25 Å². The van der Waals surface area contributed by atoms with Gasteiger partial charge in [0.25, 0.3) is 0 Å². The molecule has 0 radical (unpaired) electrons. The van der Waals surface area contributed by atoms with Crippen LogP contribution in [-0.2, 0) is 39.3 Å². The molecule has 0 amide bonds. The number of amidine groups is 1. The SMILES string of the molecule is C=Cc1nc(N2CCc3cccc(C(=C)NC4=NC5C=CC=CC5S4)c3C2)ccc1CCc1ccc(CCC2CCN(CC3CCN(c4ccc5c(C6CCC(=C)NC6=C)nn(C)c5c4)C3)CC2)cc1. The van der Waals surface area contributed by atoms with Gasteiger partial charge in [-0.1, -0.05) is 111 Å². The van der Waals surface area contributed by atoms with E-state index in [1.54, 1.807) is 11.8 Å². The lowest BCUT2D eigenvalue weighted by molar-refractivity contribution is 0.160. The molecule has 5 aliphatic heterocycles. The number of anilines is 2. The van der Waals surface area contributed by atoms with E-state index in [2.05, 4.69) is 160 Å². The molecule has 3 fully saturated rings. The average Bonchev–Trinajstić information content (AvgIpc) is 4.12. The first-order chi connectivity index (χ1) is 34.2. The van der Waals surface area contributed by atoms with E-state index in [4.69, 9.17) is 15.1 Å². The van der Waals surface area contributed by atoms with Crippen LogP contribution in [0.3, 0.4) is 0 Å². The van der Waals surface area contributed by atoms with Crippen molar-refractivity contribution in [2.45, 2.75) is 88.0 Å². The van der Waals surface area contributed by atoms with Crippen molar-refractivity contribution in [3.05, 3.63) is 180 Å². The summed E-state index contributed by atoms with van der Waals surface area (Å²) >= 11 is 1.78. The van der Waals surface area contributed by atoms with Crippen LogP contribution in [0.15, 0.2) is 140 Å². The van der Waals surface area contributed by atoms with Crippen LogP contribution in [0.5, 0.6) is 0 Å². The highest BCUT2D eigenvalue weighted by Crippen LogP contribution is 2.38. The number of aromatic nitrogens is 3. The van der Waals surface area contributed by atoms with Gasteiger partial charge in [-0.3, -0.25) is 9.67 Å². The lowest BCUT2D eigenvalue weighted by atomic mass is 9.90. The van der Waals surface area contributed by atoms with Crippen LogP contribution in [0.4, 0.5) is 11.5 Å². The van der Waals surface area contributed by atoms with E-state index in [9.17, 15) is 0 Å². The summed E-state index contributed by atoms with van der Waals surface area (Å²) in [5.74, 6) is 2.76. The van der Waals surface area contributed by atoms with Gasteiger partial charge in [0.2, 0.25) is 0 Å². The molecule has 0 saturated carbocycles. The average molecular weight is 948 g/mol. The van der Waals surface area contributed by atoms with Crippen molar-refractivity contribution < 1.29 is 0 Å². The number of allylic oxidation sites excluding steroid dienone is 4. The second-order valence-electron chi connectivity index (χ2n) is 20.7. The number of piperidine rings is 2. The van der Waals surface area contributed by atoms with Crippen molar-refractivity contribution in [2.24, 2.45) is 23.9 Å². The maximum Gasteiger partial charge on any atom is 0.162 e. The van der Waals surface area contributed by atoms with E-state index < -0.39 is 0 Å². The minimum atomic E-state index is 0.196. The third kappa shape index (κ3) is 9.95. The Morgan fingerprint density at radius 1 is 0.857 bits per heavy atom. The Hall–Kier alpha value is -6.10. The number of likely N-dealkylation sites (tertiary alicyclic amines) is 1. The molecule has 6 aliphatic rings. The Balaban J connectivity index is 0.620. The second kappa shape index (κ2) is 20.3. The van der Waals surface area contributed by atoms with Crippen LogP contribution >= 0.6 is 11.8 Å². The fourth-order valence-electron chi connectivity index (χ4n) is 11.9.